The minimum Gasteiger partial charge on any atom is -0.481 e. The molecule has 2 unspecified atom stereocenters. The summed E-state index contributed by atoms with van der Waals surface area (Å²) in [6.45, 7) is 0. The number of benzene rings is 1. The third-order valence-electron chi connectivity index (χ3n) is 3.30. The lowest BCUT2D eigenvalue weighted by atomic mass is 9.91. The van der Waals surface area contributed by atoms with Crippen LogP contribution in [0.15, 0.2) is 30.3 Å². The largest absolute Gasteiger partial charge is 0.481 e. The summed E-state index contributed by atoms with van der Waals surface area (Å²) in [5, 5.41) is 19.4. The molecule has 0 aliphatic carbocycles. The van der Waals surface area contributed by atoms with E-state index in [4.69, 9.17) is 0 Å². The first kappa shape index (κ1) is 12.6. The average Bonchev–Trinajstić information content (AvgIpc) is 2.68. The molecule has 1 aromatic carbocycles. The molecule has 0 saturated carbocycles. The van der Waals surface area contributed by atoms with Crippen LogP contribution >= 0.6 is 0 Å². The molecular formula is C13H15NO4. The van der Waals surface area contributed by atoms with E-state index < -0.39 is 23.8 Å². The van der Waals surface area contributed by atoms with Crippen molar-refractivity contribution in [3.63, 3.8) is 0 Å². The lowest BCUT2D eigenvalue weighted by molar-refractivity contribution is -0.173. The van der Waals surface area contributed by atoms with Gasteiger partial charge >= 0.3 is 5.97 Å². The van der Waals surface area contributed by atoms with Crippen LogP contribution < -0.4 is 0 Å². The number of carboxylic acids is 1. The van der Waals surface area contributed by atoms with Crippen LogP contribution in [0.25, 0.3) is 0 Å². The van der Waals surface area contributed by atoms with E-state index in [9.17, 15) is 19.9 Å². The van der Waals surface area contributed by atoms with Gasteiger partial charge in [0.15, 0.2) is 0 Å². The van der Waals surface area contributed by atoms with Gasteiger partial charge in [0.25, 0.3) is 0 Å². The first-order valence-electron chi connectivity index (χ1n) is 5.87. The van der Waals surface area contributed by atoms with E-state index in [1.54, 1.807) is 0 Å². The standard InChI is InChI=1S/C13H15NO4/c15-12-7-6-11(14(12)18)10(13(16)17)8-9-4-2-1-3-5-9/h1-5,10-11,18H,6-8H2,(H,16,17). The van der Waals surface area contributed by atoms with E-state index in [2.05, 4.69) is 0 Å². The van der Waals surface area contributed by atoms with Crippen molar-refractivity contribution >= 4 is 11.9 Å². The fraction of sp³-hybridized carbons (Fsp3) is 0.385. The Hall–Kier alpha value is -1.88. The van der Waals surface area contributed by atoms with Crippen molar-refractivity contribution in [3.8, 4) is 0 Å². The molecule has 1 saturated heterocycles. The third-order valence-corrected chi connectivity index (χ3v) is 3.30. The summed E-state index contributed by atoms with van der Waals surface area (Å²) in [6.07, 6.45) is 0.907. The molecule has 5 heteroatoms. The summed E-state index contributed by atoms with van der Waals surface area (Å²) in [6, 6.07) is 8.59. The van der Waals surface area contributed by atoms with Gasteiger partial charge in [-0.25, -0.2) is 5.06 Å². The number of hydrogen-bond acceptors (Lipinski definition) is 3. The van der Waals surface area contributed by atoms with Gasteiger partial charge in [-0.1, -0.05) is 30.3 Å². The molecule has 0 radical (unpaired) electrons. The van der Waals surface area contributed by atoms with Crippen molar-refractivity contribution in [3.05, 3.63) is 35.9 Å². The molecule has 0 bridgehead atoms. The minimum atomic E-state index is -0.988. The second-order valence-electron chi connectivity index (χ2n) is 4.48. The molecule has 1 aliphatic heterocycles. The average molecular weight is 249 g/mol. The molecule has 2 N–H and O–H groups in total. The Morgan fingerprint density at radius 1 is 1.39 bits per heavy atom. The lowest BCUT2D eigenvalue weighted by Gasteiger charge is -2.24. The van der Waals surface area contributed by atoms with E-state index >= 15 is 0 Å². The third kappa shape index (κ3) is 2.51. The van der Waals surface area contributed by atoms with Crippen LogP contribution in [0.4, 0.5) is 0 Å². The van der Waals surface area contributed by atoms with Crippen molar-refractivity contribution in [2.45, 2.75) is 25.3 Å². The van der Waals surface area contributed by atoms with Crippen LogP contribution in [0.3, 0.4) is 0 Å². The molecule has 18 heavy (non-hydrogen) atoms. The van der Waals surface area contributed by atoms with Gasteiger partial charge in [-0.05, 0) is 18.4 Å². The number of nitrogens with zero attached hydrogens (tertiary/aromatic N) is 1. The van der Waals surface area contributed by atoms with E-state index in [-0.39, 0.29) is 6.42 Å². The van der Waals surface area contributed by atoms with E-state index in [1.807, 2.05) is 30.3 Å². The van der Waals surface area contributed by atoms with Gasteiger partial charge in [0.2, 0.25) is 5.91 Å². The number of hydroxylamine groups is 2. The number of carbonyl (C=O) groups is 2. The van der Waals surface area contributed by atoms with Crippen LogP contribution in [0, 0.1) is 5.92 Å². The van der Waals surface area contributed by atoms with Gasteiger partial charge in [-0.15, -0.1) is 0 Å². The monoisotopic (exact) mass is 249 g/mol. The quantitative estimate of drug-likeness (QED) is 0.789. The lowest BCUT2D eigenvalue weighted by Crippen LogP contribution is -2.40. The normalized spacial score (nSPS) is 21.1. The van der Waals surface area contributed by atoms with Crippen LogP contribution in [0.2, 0.25) is 0 Å². The van der Waals surface area contributed by atoms with Crippen molar-refractivity contribution in [1.82, 2.24) is 5.06 Å². The van der Waals surface area contributed by atoms with Crippen molar-refractivity contribution in [2.24, 2.45) is 5.92 Å². The Labute approximate surface area is 105 Å². The Morgan fingerprint density at radius 2 is 2.06 bits per heavy atom. The van der Waals surface area contributed by atoms with E-state index in [0.29, 0.717) is 17.9 Å². The zero-order chi connectivity index (χ0) is 13.1. The van der Waals surface area contributed by atoms with Crippen molar-refractivity contribution in [1.29, 1.82) is 0 Å². The summed E-state index contributed by atoms with van der Waals surface area (Å²) in [4.78, 5) is 22.5. The maximum absolute atomic E-state index is 11.3. The number of hydrogen-bond donors (Lipinski definition) is 2. The van der Waals surface area contributed by atoms with Crippen LogP contribution in [-0.4, -0.2) is 33.3 Å². The molecule has 1 fully saturated rings. The van der Waals surface area contributed by atoms with Crippen LogP contribution in [0.5, 0.6) is 0 Å². The molecule has 1 aromatic rings. The predicted molar refractivity (Wildman–Crippen MR) is 62.9 cm³/mol. The zero-order valence-electron chi connectivity index (χ0n) is 9.82. The number of aliphatic carboxylic acids is 1. The Kier molecular flexibility index (Phi) is 3.62. The number of carboxylic acid groups (broad SMARTS) is 1. The summed E-state index contributed by atoms with van der Waals surface area (Å²) >= 11 is 0. The molecule has 2 atom stereocenters. The van der Waals surface area contributed by atoms with E-state index in [1.165, 1.54) is 0 Å². The van der Waals surface area contributed by atoms with Crippen molar-refractivity contribution in [2.75, 3.05) is 0 Å². The summed E-state index contributed by atoms with van der Waals surface area (Å²) in [5.74, 6) is -2.17. The molecule has 96 valence electrons. The fourth-order valence-electron chi connectivity index (χ4n) is 2.32. The molecule has 0 aromatic heterocycles. The molecular weight excluding hydrogens is 234 g/mol. The Bertz CT molecular complexity index is 446. The maximum Gasteiger partial charge on any atom is 0.309 e. The second-order valence-corrected chi connectivity index (χ2v) is 4.48. The van der Waals surface area contributed by atoms with Gasteiger partial charge in [-0.3, -0.25) is 14.8 Å². The highest BCUT2D eigenvalue weighted by molar-refractivity contribution is 5.80. The smallest absolute Gasteiger partial charge is 0.309 e. The van der Waals surface area contributed by atoms with Crippen molar-refractivity contribution < 1.29 is 19.9 Å². The highest BCUT2D eigenvalue weighted by Crippen LogP contribution is 2.26. The first-order valence-corrected chi connectivity index (χ1v) is 5.87. The second kappa shape index (κ2) is 5.18. The topological polar surface area (TPSA) is 77.8 Å². The van der Waals surface area contributed by atoms with Gasteiger partial charge < -0.3 is 5.11 Å². The van der Waals surface area contributed by atoms with Gasteiger partial charge in [0, 0.05) is 6.42 Å². The fourth-order valence-corrected chi connectivity index (χ4v) is 2.32. The summed E-state index contributed by atoms with van der Waals surface area (Å²) < 4.78 is 0. The highest BCUT2D eigenvalue weighted by atomic mass is 16.5. The molecule has 2 rings (SSSR count). The molecule has 1 aliphatic rings. The van der Waals surface area contributed by atoms with Crippen LogP contribution in [0.1, 0.15) is 18.4 Å². The Balaban J connectivity index is 2.14. The first-order chi connectivity index (χ1) is 8.59. The number of carbonyl (C=O) groups excluding carboxylic acids is 1. The number of rotatable bonds is 4. The van der Waals surface area contributed by atoms with E-state index in [0.717, 1.165) is 5.56 Å². The van der Waals surface area contributed by atoms with Gasteiger partial charge in [0.05, 0.1) is 12.0 Å². The molecule has 1 amide bonds. The molecule has 5 nitrogen and oxygen atoms in total. The molecule has 0 spiro atoms. The molecule has 1 heterocycles. The zero-order valence-corrected chi connectivity index (χ0v) is 9.82. The highest BCUT2D eigenvalue weighted by Gasteiger charge is 2.39. The maximum atomic E-state index is 11.3. The summed E-state index contributed by atoms with van der Waals surface area (Å²) in [5.41, 5.74) is 0.887. The van der Waals surface area contributed by atoms with Crippen LogP contribution in [-0.2, 0) is 16.0 Å². The Morgan fingerprint density at radius 3 is 2.56 bits per heavy atom. The summed E-state index contributed by atoms with van der Waals surface area (Å²) in [7, 11) is 0. The SMILES string of the molecule is O=C(O)C(Cc1ccccc1)C1CCC(=O)N1O. The minimum absolute atomic E-state index is 0.208. The number of amides is 1. The van der Waals surface area contributed by atoms with Gasteiger partial charge in [0.1, 0.15) is 0 Å². The predicted octanol–water partition coefficient (Wildman–Crippen LogP) is 1.31. The van der Waals surface area contributed by atoms with Gasteiger partial charge in [-0.2, -0.15) is 0 Å².